The standard InChI is InChI=1S/C26H34N2O2/c1-18(2)26(29)28-17-23(21-9-11-22(30-4)12-10-21)24-16-27(14-13-25(24)28)15-20-7-5-19(3)6-8-20/h5-12,18,23-25H,13-17H2,1-4H3/t23-,24-,25-/m0/s1. The molecule has 4 nitrogen and oxygen atoms in total. The molecule has 30 heavy (non-hydrogen) atoms. The molecule has 2 heterocycles. The highest BCUT2D eigenvalue weighted by Crippen LogP contribution is 2.42. The Morgan fingerprint density at radius 3 is 2.40 bits per heavy atom. The first-order valence-electron chi connectivity index (χ1n) is 11.2. The second-order valence-electron chi connectivity index (χ2n) is 9.27. The molecule has 0 saturated carbocycles. The predicted octanol–water partition coefficient (Wildman–Crippen LogP) is 4.48. The van der Waals surface area contributed by atoms with Gasteiger partial charge in [0.1, 0.15) is 5.75 Å². The van der Waals surface area contributed by atoms with Crippen LogP contribution in [0.5, 0.6) is 5.75 Å². The van der Waals surface area contributed by atoms with Crippen molar-refractivity contribution in [2.24, 2.45) is 11.8 Å². The second kappa shape index (κ2) is 8.81. The fourth-order valence-electron chi connectivity index (χ4n) is 5.19. The number of ether oxygens (including phenoxy) is 1. The highest BCUT2D eigenvalue weighted by atomic mass is 16.5. The van der Waals surface area contributed by atoms with Gasteiger partial charge in [-0.1, -0.05) is 55.8 Å². The molecule has 2 aliphatic rings. The maximum atomic E-state index is 13.0. The van der Waals surface area contributed by atoms with E-state index in [1.54, 1.807) is 7.11 Å². The average molecular weight is 407 g/mol. The number of methoxy groups -OCH3 is 1. The maximum Gasteiger partial charge on any atom is 0.225 e. The van der Waals surface area contributed by atoms with Crippen molar-refractivity contribution in [2.45, 2.75) is 45.7 Å². The zero-order chi connectivity index (χ0) is 21.3. The van der Waals surface area contributed by atoms with Crippen LogP contribution in [0, 0.1) is 18.8 Å². The summed E-state index contributed by atoms with van der Waals surface area (Å²) in [6.45, 7) is 10.1. The monoisotopic (exact) mass is 406 g/mol. The molecule has 0 spiro atoms. The number of likely N-dealkylation sites (tertiary alicyclic amines) is 2. The van der Waals surface area contributed by atoms with E-state index in [1.807, 2.05) is 26.0 Å². The van der Waals surface area contributed by atoms with Crippen molar-refractivity contribution in [1.82, 2.24) is 9.80 Å². The van der Waals surface area contributed by atoms with Gasteiger partial charge in [-0.3, -0.25) is 9.69 Å². The molecule has 0 aromatic heterocycles. The molecular weight excluding hydrogens is 372 g/mol. The van der Waals surface area contributed by atoms with Crippen LogP contribution >= 0.6 is 0 Å². The number of aryl methyl sites for hydroxylation is 1. The van der Waals surface area contributed by atoms with Crippen molar-refractivity contribution in [3.63, 3.8) is 0 Å². The van der Waals surface area contributed by atoms with Gasteiger partial charge in [-0.25, -0.2) is 0 Å². The number of fused-ring (bicyclic) bond motifs is 1. The van der Waals surface area contributed by atoms with E-state index in [0.29, 0.717) is 23.8 Å². The number of rotatable bonds is 5. The van der Waals surface area contributed by atoms with Gasteiger partial charge in [0.15, 0.2) is 0 Å². The Kier molecular flexibility index (Phi) is 6.14. The number of benzene rings is 2. The SMILES string of the molecule is COc1ccc([C@@H]2CN(C(=O)C(C)C)[C@H]3CCN(Cc4ccc(C)cc4)C[C@@H]23)cc1. The lowest BCUT2D eigenvalue weighted by molar-refractivity contribution is -0.136. The third-order valence-electron chi connectivity index (χ3n) is 6.86. The van der Waals surface area contributed by atoms with Crippen LogP contribution in [0.1, 0.15) is 42.9 Å². The quantitative estimate of drug-likeness (QED) is 0.734. The Hall–Kier alpha value is -2.33. The summed E-state index contributed by atoms with van der Waals surface area (Å²) in [6, 6.07) is 17.7. The van der Waals surface area contributed by atoms with Gasteiger partial charge >= 0.3 is 0 Å². The molecule has 0 N–H and O–H groups in total. The average Bonchev–Trinajstić information content (AvgIpc) is 3.13. The molecule has 2 aromatic carbocycles. The van der Waals surface area contributed by atoms with Crippen molar-refractivity contribution >= 4 is 5.91 Å². The Bertz CT molecular complexity index is 860. The van der Waals surface area contributed by atoms with E-state index < -0.39 is 0 Å². The molecule has 2 aromatic rings. The summed E-state index contributed by atoms with van der Waals surface area (Å²) in [5.74, 6) is 2.08. The molecule has 160 valence electrons. The van der Waals surface area contributed by atoms with E-state index in [-0.39, 0.29) is 5.92 Å². The van der Waals surface area contributed by atoms with Crippen molar-refractivity contribution in [2.75, 3.05) is 26.7 Å². The highest BCUT2D eigenvalue weighted by Gasteiger charge is 2.47. The van der Waals surface area contributed by atoms with E-state index in [2.05, 4.69) is 53.1 Å². The van der Waals surface area contributed by atoms with Crippen molar-refractivity contribution in [3.05, 3.63) is 65.2 Å². The highest BCUT2D eigenvalue weighted by molar-refractivity contribution is 5.79. The molecule has 1 amide bonds. The van der Waals surface area contributed by atoms with Gasteiger partial charge in [-0.05, 0) is 36.6 Å². The van der Waals surface area contributed by atoms with Gasteiger partial charge < -0.3 is 9.64 Å². The van der Waals surface area contributed by atoms with Gasteiger partial charge in [0.2, 0.25) is 5.91 Å². The van der Waals surface area contributed by atoms with Crippen molar-refractivity contribution < 1.29 is 9.53 Å². The number of amides is 1. The van der Waals surface area contributed by atoms with Crippen molar-refractivity contribution in [3.8, 4) is 5.75 Å². The number of hydrogen-bond donors (Lipinski definition) is 0. The summed E-state index contributed by atoms with van der Waals surface area (Å²) in [7, 11) is 1.70. The first-order valence-corrected chi connectivity index (χ1v) is 11.2. The third kappa shape index (κ3) is 4.24. The number of carbonyl (C=O) groups is 1. The summed E-state index contributed by atoms with van der Waals surface area (Å²) < 4.78 is 5.35. The maximum absolute atomic E-state index is 13.0. The van der Waals surface area contributed by atoms with Crippen LogP contribution < -0.4 is 4.74 Å². The minimum Gasteiger partial charge on any atom is -0.497 e. The van der Waals surface area contributed by atoms with Crippen LogP contribution in [0.25, 0.3) is 0 Å². The topological polar surface area (TPSA) is 32.8 Å². The Morgan fingerprint density at radius 2 is 1.77 bits per heavy atom. The van der Waals surface area contributed by atoms with E-state index in [1.165, 1.54) is 16.7 Å². The normalized spacial score (nSPS) is 24.2. The summed E-state index contributed by atoms with van der Waals surface area (Å²) in [6.07, 6.45) is 1.06. The van der Waals surface area contributed by atoms with E-state index in [0.717, 1.165) is 38.3 Å². The molecule has 0 aliphatic carbocycles. The molecule has 2 fully saturated rings. The lowest BCUT2D eigenvalue weighted by atomic mass is 9.81. The van der Waals surface area contributed by atoms with Gasteiger partial charge in [-0.15, -0.1) is 0 Å². The van der Waals surface area contributed by atoms with Crippen LogP contribution in [0.2, 0.25) is 0 Å². The summed E-state index contributed by atoms with van der Waals surface area (Å²) in [5.41, 5.74) is 3.99. The first kappa shape index (κ1) is 20.9. The minimum atomic E-state index is 0.0471. The molecular formula is C26H34N2O2. The lowest BCUT2D eigenvalue weighted by Gasteiger charge is -2.39. The molecule has 3 atom stereocenters. The molecule has 4 rings (SSSR count). The van der Waals surface area contributed by atoms with Crippen molar-refractivity contribution in [1.29, 1.82) is 0 Å². The molecule has 0 bridgehead atoms. The molecule has 2 aliphatic heterocycles. The molecule has 4 heteroatoms. The molecule has 0 radical (unpaired) electrons. The Morgan fingerprint density at radius 1 is 1.07 bits per heavy atom. The van der Waals surface area contributed by atoms with Crippen LogP contribution in [-0.2, 0) is 11.3 Å². The second-order valence-corrected chi connectivity index (χ2v) is 9.27. The van der Waals surface area contributed by atoms with Gasteiger partial charge in [0.05, 0.1) is 7.11 Å². The van der Waals surface area contributed by atoms with Crippen LogP contribution in [-0.4, -0.2) is 48.5 Å². The summed E-state index contributed by atoms with van der Waals surface area (Å²) in [4.78, 5) is 17.7. The van der Waals surface area contributed by atoms with Crippen LogP contribution in [0.15, 0.2) is 48.5 Å². The zero-order valence-electron chi connectivity index (χ0n) is 18.7. The lowest BCUT2D eigenvalue weighted by Crippen LogP contribution is -2.48. The van der Waals surface area contributed by atoms with Gasteiger partial charge in [-0.2, -0.15) is 0 Å². The van der Waals surface area contributed by atoms with Crippen LogP contribution in [0.4, 0.5) is 0 Å². The molecule has 2 saturated heterocycles. The fourth-order valence-corrected chi connectivity index (χ4v) is 5.19. The van der Waals surface area contributed by atoms with E-state index in [9.17, 15) is 4.79 Å². The summed E-state index contributed by atoms with van der Waals surface area (Å²) >= 11 is 0. The van der Waals surface area contributed by atoms with E-state index in [4.69, 9.17) is 4.74 Å². The third-order valence-corrected chi connectivity index (χ3v) is 6.86. The van der Waals surface area contributed by atoms with Gasteiger partial charge in [0, 0.05) is 50.0 Å². The Labute approximate surface area is 180 Å². The fraction of sp³-hybridized carbons (Fsp3) is 0.500. The number of piperidine rings is 1. The zero-order valence-corrected chi connectivity index (χ0v) is 18.7. The smallest absolute Gasteiger partial charge is 0.225 e. The summed E-state index contributed by atoms with van der Waals surface area (Å²) in [5, 5.41) is 0. The predicted molar refractivity (Wildman–Crippen MR) is 121 cm³/mol. The Balaban J connectivity index is 1.56. The van der Waals surface area contributed by atoms with Crippen LogP contribution in [0.3, 0.4) is 0 Å². The number of carbonyl (C=O) groups excluding carboxylic acids is 1. The van der Waals surface area contributed by atoms with Gasteiger partial charge in [0.25, 0.3) is 0 Å². The minimum absolute atomic E-state index is 0.0471. The number of hydrogen-bond acceptors (Lipinski definition) is 3. The first-order chi connectivity index (χ1) is 14.5. The van der Waals surface area contributed by atoms with E-state index >= 15 is 0 Å². The molecule has 0 unspecified atom stereocenters. The largest absolute Gasteiger partial charge is 0.497 e. The number of nitrogens with zero attached hydrogens (tertiary/aromatic N) is 2.